The van der Waals surface area contributed by atoms with Crippen LogP contribution in [-0.4, -0.2) is 29.2 Å². The van der Waals surface area contributed by atoms with Gasteiger partial charge in [-0.2, -0.15) is 0 Å². The Kier molecular flexibility index (Phi) is 13.7. The summed E-state index contributed by atoms with van der Waals surface area (Å²) in [5, 5.41) is 0. The summed E-state index contributed by atoms with van der Waals surface area (Å²) in [6.45, 7) is 12.9. The average Bonchev–Trinajstić information content (AvgIpc) is 2.73. The Balaban J connectivity index is 0.000000546. The number of Topliss-reactive ketones (excluding diaryl/α,β-unsaturated/α-hetero) is 3. The maximum absolute atomic E-state index is 11.3. The highest BCUT2D eigenvalue weighted by atomic mass is 16.2. The van der Waals surface area contributed by atoms with E-state index in [0.29, 0.717) is 27.8 Å². The van der Waals surface area contributed by atoms with Gasteiger partial charge in [-0.25, -0.2) is 0 Å². The molecule has 0 aliphatic rings. The van der Waals surface area contributed by atoms with Crippen LogP contribution in [0.3, 0.4) is 0 Å². The van der Waals surface area contributed by atoms with Gasteiger partial charge in [-0.3, -0.25) is 24.0 Å². The minimum Gasteiger partial charge on any atom is -0.366 e. The van der Waals surface area contributed by atoms with Crippen LogP contribution < -0.4 is 11.5 Å². The number of amides is 2. The van der Waals surface area contributed by atoms with Crippen LogP contribution in [0.1, 0.15) is 107 Å². The fraction of sp³-hybridized carbons (Fsp3) is 0.393. The van der Waals surface area contributed by atoms with E-state index in [2.05, 4.69) is 20.8 Å². The molecule has 4 N–H and O–H groups in total. The molecule has 0 saturated carbocycles. The highest BCUT2D eigenvalue weighted by Crippen LogP contribution is 2.15. The van der Waals surface area contributed by atoms with Gasteiger partial charge in [0.2, 0.25) is 11.8 Å². The molecule has 0 aromatic heterocycles. The molecule has 0 bridgehead atoms. The summed E-state index contributed by atoms with van der Waals surface area (Å²) in [5.74, 6) is -0.415. The van der Waals surface area contributed by atoms with Gasteiger partial charge in [0.25, 0.3) is 0 Å². The van der Waals surface area contributed by atoms with Gasteiger partial charge in [0, 0.05) is 28.7 Å². The van der Waals surface area contributed by atoms with Crippen LogP contribution in [0.2, 0.25) is 0 Å². The van der Waals surface area contributed by atoms with Crippen LogP contribution in [0.15, 0.2) is 36.4 Å². The number of rotatable bonds is 8. The van der Waals surface area contributed by atoms with Gasteiger partial charge in [-0.1, -0.05) is 45.7 Å². The van der Waals surface area contributed by atoms with Crippen LogP contribution in [0.5, 0.6) is 0 Å². The van der Waals surface area contributed by atoms with E-state index in [0.717, 1.165) is 11.5 Å². The lowest BCUT2D eigenvalue weighted by Gasteiger charge is -2.06. The molecule has 190 valence electrons. The van der Waals surface area contributed by atoms with E-state index in [1.807, 2.05) is 0 Å². The number of carbonyl (C=O) groups is 5. The molecule has 2 rings (SSSR count). The Morgan fingerprint density at radius 2 is 1.29 bits per heavy atom. The molecule has 2 aromatic rings. The van der Waals surface area contributed by atoms with Gasteiger partial charge in [-0.05, 0) is 69.0 Å². The Morgan fingerprint density at radius 3 is 1.60 bits per heavy atom. The largest absolute Gasteiger partial charge is 0.366 e. The molecule has 7 nitrogen and oxygen atoms in total. The van der Waals surface area contributed by atoms with Crippen molar-refractivity contribution in [2.24, 2.45) is 17.4 Å². The van der Waals surface area contributed by atoms with Crippen LogP contribution >= 0.6 is 0 Å². The summed E-state index contributed by atoms with van der Waals surface area (Å²) in [6, 6.07) is 9.45. The second-order valence-corrected chi connectivity index (χ2v) is 8.86. The zero-order valence-corrected chi connectivity index (χ0v) is 21.9. The van der Waals surface area contributed by atoms with Gasteiger partial charge in [0.1, 0.15) is 5.78 Å². The van der Waals surface area contributed by atoms with E-state index in [1.165, 1.54) is 39.7 Å². The summed E-state index contributed by atoms with van der Waals surface area (Å²) >= 11 is 0. The third kappa shape index (κ3) is 12.4. The summed E-state index contributed by atoms with van der Waals surface area (Å²) in [4.78, 5) is 55.2. The Morgan fingerprint density at radius 1 is 0.771 bits per heavy atom. The maximum Gasteiger partial charge on any atom is 0.248 e. The lowest BCUT2D eigenvalue weighted by molar-refractivity contribution is -0.116. The predicted molar refractivity (Wildman–Crippen MR) is 139 cm³/mol. The lowest BCUT2D eigenvalue weighted by Crippen LogP contribution is -2.15. The molecule has 0 atom stereocenters. The molecule has 0 spiro atoms. The number of carbonyl (C=O) groups excluding carboxylic acids is 5. The number of hydrogen-bond acceptors (Lipinski definition) is 5. The molecule has 0 heterocycles. The molecular formula is C28H38N2O5. The molecule has 0 aliphatic heterocycles. The third-order valence-corrected chi connectivity index (χ3v) is 4.84. The molecule has 35 heavy (non-hydrogen) atoms. The first-order chi connectivity index (χ1) is 16.2. The minimum atomic E-state index is -0.564. The lowest BCUT2D eigenvalue weighted by atomic mass is 9.96. The van der Waals surface area contributed by atoms with Crippen molar-refractivity contribution in [1.29, 1.82) is 0 Å². The molecule has 2 amide bonds. The molecule has 7 heteroatoms. The van der Waals surface area contributed by atoms with Crippen molar-refractivity contribution in [2.75, 3.05) is 0 Å². The topological polar surface area (TPSA) is 137 Å². The van der Waals surface area contributed by atoms with Crippen LogP contribution in [0, 0.1) is 12.8 Å². The first-order valence-electron chi connectivity index (χ1n) is 11.5. The highest BCUT2D eigenvalue weighted by Gasteiger charge is 2.11. The average molecular weight is 483 g/mol. The first-order valence-corrected chi connectivity index (χ1v) is 11.5. The van der Waals surface area contributed by atoms with Crippen molar-refractivity contribution >= 4 is 29.2 Å². The van der Waals surface area contributed by atoms with Crippen LogP contribution in [0.4, 0.5) is 0 Å². The molecule has 0 saturated heterocycles. The van der Waals surface area contributed by atoms with E-state index < -0.39 is 11.8 Å². The van der Waals surface area contributed by atoms with Gasteiger partial charge >= 0.3 is 0 Å². The summed E-state index contributed by atoms with van der Waals surface area (Å²) in [5.41, 5.74) is 13.2. The molecule has 0 unspecified atom stereocenters. The smallest absolute Gasteiger partial charge is 0.248 e. The highest BCUT2D eigenvalue weighted by molar-refractivity contribution is 6.00. The number of hydrogen-bond donors (Lipinski definition) is 2. The standard InChI is InChI=1S/C13H14O3.C9H10N2O2.C6H14/c1-8(14)6-12-7-11(9(2)15)4-5-13(12)10(3)16;1-5-2-6(8(10)12)4-7(3-5)9(11)13;1-4-5-6(2)3/h4-5,7H,6H2,1-3H3;2-4H,1H3,(H2,10,12)(H2,11,13);6H,4-5H2,1-3H3. The normalized spacial score (nSPS) is 9.83. The quantitative estimate of drug-likeness (QED) is 0.518. The second kappa shape index (κ2) is 15.3. The summed E-state index contributed by atoms with van der Waals surface area (Å²) in [7, 11) is 0. The molecular weight excluding hydrogens is 444 g/mol. The number of ketones is 3. The number of aryl methyl sites for hydroxylation is 1. The van der Waals surface area contributed by atoms with Gasteiger partial charge in [-0.15, -0.1) is 0 Å². The van der Waals surface area contributed by atoms with E-state index in [9.17, 15) is 24.0 Å². The van der Waals surface area contributed by atoms with E-state index in [4.69, 9.17) is 11.5 Å². The Hall–Kier alpha value is -3.61. The summed E-state index contributed by atoms with van der Waals surface area (Å²) in [6.07, 6.45) is 2.90. The zero-order chi connectivity index (χ0) is 27.3. The first kappa shape index (κ1) is 31.4. The monoisotopic (exact) mass is 482 g/mol. The van der Waals surface area contributed by atoms with Crippen molar-refractivity contribution in [3.8, 4) is 0 Å². The third-order valence-electron chi connectivity index (χ3n) is 4.84. The number of primary amides is 2. The number of benzene rings is 2. The van der Waals surface area contributed by atoms with E-state index >= 15 is 0 Å². The molecule has 2 aromatic carbocycles. The zero-order valence-electron chi connectivity index (χ0n) is 21.9. The number of nitrogens with two attached hydrogens (primary N) is 2. The van der Waals surface area contributed by atoms with Crippen molar-refractivity contribution in [1.82, 2.24) is 0 Å². The van der Waals surface area contributed by atoms with Crippen molar-refractivity contribution < 1.29 is 24.0 Å². The van der Waals surface area contributed by atoms with E-state index in [1.54, 1.807) is 37.3 Å². The van der Waals surface area contributed by atoms with Gasteiger partial charge < -0.3 is 11.5 Å². The maximum atomic E-state index is 11.3. The summed E-state index contributed by atoms with van der Waals surface area (Å²) < 4.78 is 0. The van der Waals surface area contributed by atoms with Gasteiger partial charge in [0.15, 0.2) is 11.6 Å². The molecule has 0 aliphatic carbocycles. The minimum absolute atomic E-state index is 0.0248. The Labute approximate surface area is 208 Å². The fourth-order valence-corrected chi connectivity index (χ4v) is 3.22. The SMILES string of the molecule is CC(=O)Cc1cc(C(C)=O)ccc1C(C)=O.CCCC(C)C.Cc1cc(C(N)=O)cc(C(N)=O)c1. The Bertz CT molecular complexity index is 1040. The predicted octanol–water partition coefficient (Wildman–Crippen LogP) is 4.86. The van der Waals surface area contributed by atoms with E-state index in [-0.39, 0.29) is 23.8 Å². The molecule has 0 radical (unpaired) electrons. The molecule has 0 fully saturated rings. The van der Waals surface area contributed by atoms with Crippen molar-refractivity contribution in [3.05, 3.63) is 69.8 Å². The van der Waals surface area contributed by atoms with Crippen molar-refractivity contribution in [3.63, 3.8) is 0 Å². The van der Waals surface area contributed by atoms with Gasteiger partial charge in [0.05, 0.1) is 0 Å². The van der Waals surface area contributed by atoms with Crippen LogP contribution in [-0.2, 0) is 11.2 Å². The second-order valence-electron chi connectivity index (χ2n) is 8.86. The van der Waals surface area contributed by atoms with Crippen LogP contribution in [0.25, 0.3) is 0 Å². The fourth-order valence-electron chi connectivity index (χ4n) is 3.22. The van der Waals surface area contributed by atoms with Crippen molar-refractivity contribution in [2.45, 2.75) is 67.7 Å².